The number of hydrogen-bond acceptors (Lipinski definition) is 3. The zero-order valence-electron chi connectivity index (χ0n) is 10.0. The van der Waals surface area contributed by atoms with E-state index in [-0.39, 0.29) is 24.0 Å². The Labute approximate surface area is 96.6 Å². The molecule has 0 saturated carbocycles. The van der Waals surface area contributed by atoms with Crippen LogP contribution in [-0.4, -0.2) is 12.1 Å². The third-order valence-electron chi connectivity index (χ3n) is 2.45. The van der Waals surface area contributed by atoms with Crippen LogP contribution in [0.3, 0.4) is 0 Å². The molecule has 3 nitrogen and oxygen atoms in total. The molecule has 0 radical (unpaired) electrons. The summed E-state index contributed by atoms with van der Waals surface area (Å²) >= 11 is 0. The quantitative estimate of drug-likeness (QED) is 0.793. The van der Waals surface area contributed by atoms with Crippen molar-refractivity contribution in [1.29, 1.82) is 0 Å². The molecule has 0 saturated heterocycles. The fourth-order valence-corrected chi connectivity index (χ4v) is 1.45. The first kappa shape index (κ1) is 12.7. The topological polar surface area (TPSA) is 52.3 Å². The Morgan fingerprint density at radius 1 is 1.19 bits per heavy atom. The summed E-state index contributed by atoms with van der Waals surface area (Å²) in [6, 6.07) is 9.28. The smallest absolute Gasteiger partial charge is 0.310 e. The second-order valence-corrected chi connectivity index (χ2v) is 4.21. The normalized spacial score (nSPS) is 14.6. The van der Waals surface area contributed by atoms with Crippen molar-refractivity contribution in [3.63, 3.8) is 0 Å². The van der Waals surface area contributed by atoms with E-state index in [1.165, 1.54) is 0 Å². The Morgan fingerprint density at radius 2 is 1.75 bits per heavy atom. The molecule has 0 amide bonds. The highest BCUT2D eigenvalue weighted by Gasteiger charge is 2.23. The summed E-state index contributed by atoms with van der Waals surface area (Å²) in [6.45, 7) is 5.46. The van der Waals surface area contributed by atoms with Crippen LogP contribution in [0, 0.1) is 5.92 Å². The number of hydrogen-bond donors (Lipinski definition) is 1. The van der Waals surface area contributed by atoms with Gasteiger partial charge in [-0.25, -0.2) is 0 Å². The van der Waals surface area contributed by atoms with Gasteiger partial charge in [-0.05, 0) is 19.4 Å². The SMILES string of the molecule is CC(C)OC(=O)C(C)C(N)c1ccccc1. The van der Waals surface area contributed by atoms with E-state index in [0.717, 1.165) is 5.56 Å². The number of benzene rings is 1. The molecule has 0 aromatic heterocycles. The van der Waals surface area contributed by atoms with Crippen molar-refractivity contribution in [3.8, 4) is 0 Å². The van der Waals surface area contributed by atoms with Gasteiger partial charge in [0.05, 0.1) is 12.0 Å². The van der Waals surface area contributed by atoms with Gasteiger partial charge in [-0.2, -0.15) is 0 Å². The van der Waals surface area contributed by atoms with Crippen LogP contribution in [0.1, 0.15) is 32.4 Å². The summed E-state index contributed by atoms with van der Waals surface area (Å²) in [5.41, 5.74) is 6.97. The lowest BCUT2D eigenvalue weighted by Gasteiger charge is -2.20. The van der Waals surface area contributed by atoms with Gasteiger partial charge in [0.2, 0.25) is 0 Å². The van der Waals surface area contributed by atoms with Gasteiger partial charge in [0.1, 0.15) is 0 Å². The predicted octanol–water partition coefficient (Wildman–Crippen LogP) is 2.27. The second kappa shape index (κ2) is 5.66. The number of carbonyl (C=O) groups is 1. The van der Waals surface area contributed by atoms with E-state index in [4.69, 9.17) is 10.5 Å². The predicted molar refractivity (Wildman–Crippen MR) is 63.8 cm³/mol. The van der Waals surface area contributed by atoms with Crippen molar-refractivity contribution in [2.45, 2.75) is 32.9 Å². The summed E-state index contributed by atoms with van der Waals surface area (Å²) < 4.78 is 5.14. The largest absolute Gasteiger partial charge is 0.463 e. The van der Waals surface area contributed by atoms with Crippen LogP contribution in [-0.2, 0) is 9.53 Å². The van der Waals surface area contributed by atoms with Crippen LogP contribution in [0.2, 0.25) is 0 Å². The van der Waals surface area contributed by atoms with Gasteiger partial charge in [-0.1, -0.05) is 37.3 Å². The van der Waals surface area contributed by atoms with Crippen molar-refractivity contribution >= 4 is 5.97 Å². The highest BCUT2D eigenvalue weighted by Crippen LogP contribution is 2.20. The van der Waals surface area contributed by atoms with Crippen molar-refractivity contribution < 1.29 is 9.53 Å². The molecule has 16 heavy (non-hydrogen) atoms. The molecule has 0 aliphatic heterocycles. The third-order valence-corrected chi connectivity index (χ3v) is 2.45. The fraction of sp³-hybridized carbons (Fsp3) is 0.462. The Kier molecular flexibility index (Phi) is 4.50. The lowest BCUT2D eigenvalue weighted by molar-refractivity contribution is -0.152. The van der Waals surface area contributed by atoms with E-state index in [1.807, 2.05) is 44.2 Å². The Balaban J connectivity index is 2.67. The first-order valence-corrected chi connectivity index (χ1v) is 5.53. The first-order valence-electron chi connectivity index (χ1n) is 5.53. The van der Waals surface area contributed by atoms with Crippen LogP contribution < -0.4 is 5.73 Å². The monoisotopic (exact) mass is 221 g/mol. The number of rotatable bonds is 4. The molecule has 2 unspecified atom stereocenters. The van der Waals surface area contributed by atoms with Gasteiger partial charge < -0.3 is 10.5 Å². The average Bonchev–Trinajstić information content (AvgIpc) is 2.27. The molecule has 2 atom stereocenters. The molecule has 0 heterocycles. The minimum absolute atomic E-state index is 0.0991. The maximum atomic E-state index is 11.7. The van der Waals surface area contributed by atoms with E-state index in [9.17, 15) is 4.79 Å². The molecule has 0 bridgehead atoms. The number of esters is 1. The molecular weight excluding hydrogens is 202 g/mol. The Hall–Kier alpha value is -1.35. The summed E-state index contributed by atoms with van der Waals surface area (Å²) in [6.07, 6.45) is -0.0991. The second-order valence-electron chi connectivity index (χ2n) is 4.21. The van der Waals surface area contributed by atoms with E-state index in [0.29, 0.717) is 0 Å². The zero-order valence-corrected chi connectivity index (χ0v) is 10.0. The van der Waals surface area contributed by atoms with Gasteiger partial charge in [-0.15, -0.1) is 0 Å². The first-order chi connectivity index (χ1) is 7.52. The molecule has 1 rings (SSSR count). The molecule has 0 aliphatic carbocycles. The maximum absolute atomic E-state index is 11.7. The fourth-order valence-electron chi connectivity index (χ4n) is 1.45. The average molecular weight is 221 g/mol. The summed E-state index contributed by atoms with van der Waals surface area (Å²) in [5, 5.41) is 0. The van der Waals surface area contributed by atoms with Crippen LogP contribution >= 0.6 is 0 Å². The molecule has 0 spiro atoms. The van der Waals surface area contributed by atoms with Crippen LogP contribution in [0.25, 0.3) is 0 Å². The molecule has 2 N–H and O–H groups in total. The molecular formula is C13H19NO2. The van der Waals surface area contributed by atoms with Crippen LogP contribution in [0.4, 0.5) is 0 Å². The van der Waals surface area contributed by atoms with Gasteiger partial charge in [0.25, 0.3) is 0 Å². The highest BCUT2D eigenvalue weighted by atomic mass is 16.5. The van der Waals surface area contributed by atoms with Crippen molar-refractivity contribution in [3.05, 3.63) is 35.9 Å². The van der Waals surface area contributed by atoms with Crippen molar-refractivity contribution in [2.75, 3.05) is 0 Å². The Bertz CT molecular complexity index is 335. The standard InChI is InChI=1S/C13H19NO2/c1-9(2)16-13(15)10(3)12(14)11-7-5-4-6-8-11/h4-10,12H,14H2,1-3H3. The van der Waals surface area contributed by atoms with Gasteiger partial charge in [0, 0.05) is 6.04 Å². The molecule has 1 aromatic carbocycles. The molecule has 0 fully saturated rings. The number of ether oxygens (including phenoxy) is 1. The van der Waals surface area contributed by atoms with E-state index in [1.54, 1.807) is 6.92 Å². The number of nitrogens with two attached hydrogens (primary N) is 1. The summed E-state index contributed by atoms with van der Waals surface area (Å²) in [5.74, 6) is -0.573. The summed E-state index contributed by atoms with van der Waals surface area (Å²) in [4.78, 5) is 11.7. The molecule has 88 valence electrons. The van der Waals surface area contributed by atoms with Crippen LogP contribution in [0.15, 0.2) is 30.3 Å². The van der Waals surface area contributed by atoms with Crippen molar-refractivity contribution in [1.82, 2.24) is 0 Å². The van der Waals surface area contributed by atoms with E-state index >= 15 is 0 Å². The van der Waals surface area contributed by atoms with Crippen molar-refractivity contribution in [2.24, 2.45) is 11.7 Å². The lowest BCUT2D eigenvalue weighted by atomic mass is 9.95. The molecule has 1 aromatic rings. The van der Waals surface area contributed by atoms with E-state index in [2.05, 4.69) is 0 Å². The highest BCUT2D eigenvalue weighted by molar-refractivity contribution is 5.73. The number of carbonyl (C=O) groups excluding carboxylic acids is 1. The summed E-state index contributed by atoms with van der Waals surface area (Å²) in [7, 11) is 0. The molecule has 3 heteroatoms. The van der Waals surface area contributed by atoms with Gasteiger partial charge >= 0.3 is 5.97 Å². The van der Waals surface area contributed by atoms with Gasteiger partial charge in [-0.3, -0.25) is 4.79 Å². The zero-order chi connectivity index (χ0) is 12.1. The Morgan fingerprint density at radius 3 is 2.25 bits per heavy atom. The lowest BCUT2D eigenvalue weighted by Crippen LogP contribution is -2.29. The van der Waals surface area contributed by atoms with E-state index < -0.39 is 0 Å². The minimum atomic E-state index is -0.329. The molecule has 0 aliphatic rings. The minimum Gasteiger partial charge on any atom is -0.463 e. The third kappa shape index (κ3) is 3.35. The van der Waals surface area contributed by atoms with Gasteiger partial charge in [0.15, 0.2) is 0 Å². The maximum Gasteiger partial charge on any atom is 0.310 e. The van der Waals surface area contributed by atoms with Crippen LogP contribution in [0.5, 0.6) is 0 Å².